The second kappa shape index (κ2) is 13.4. The van der Waals surface area contributed by atoms with Gasteiger partial charge in [0.1, 0.15) is 0 Å². The number of likely N-dealkylation sites (tertiary alicyclic amines) is 1. The van der Waals surface area contributed by atoms with Gasteiger partial charge in [-0.3, -0.25) is 9.36 Å². The Hall–Kier alpha value is -4.54. The third kappa shape index (κ3) is 6.54. The molecule has 3 atom stereocenters. The van der Waals surface area contributed by atoms with Gasteiger partial charge in [-0.25, -0.2) is 4.79 Å². The molecule has 3 unspecified atom stereocenters. The quantitative estimate of drug-likeness (QED) is 0.198. The number of ether oxygens (including phenoxy) is 2. The SMILES string of the molecule is O=C(Nc1cccc(C2OC(CN3CCC(n4c(=O)[nH]c5ccccc54)CC3)CC(c3ccc(CO)cc3)O2)c1)c1ccccc1. The van der Waals surface area contributed by atoms with Crippen molar-refractivity contribution in [1.29, 1.82) is 0 Å². The molecule has 9 nitrogen and oxygen atoms in total. The summed E-state index contributed by atoms with van der Waals surface area (Å²) in [5.41, 5.74) is 5.74. The van der Waals surface area contributed by atoms with Crippen LogP contribution < -0.4 is 11.0 Å². The zero-order valence-electron chi connectivity index (χ0n) is 25.5. The van der Waals surface area contributed by atoms with Crippen LogP contribution in [0.25, 0.3) is 11.0 Å². The number of benzene rings is 4. The molecule has 3 N–H and O–H groups in total. The maximum atomic E-state index is 12.8. The Labute approximate surface area is 267 Å². The van der Waals surface area contributed by atoms with E-state index in [0.29, 0.717) is 17.7 Å². The van der Waals surface area contributed by atoms with E-state index in [-0.39, 0.29) is 36.5 Å². The van der Waals surface area contributed by atoms with Gasteiger partial charge in [0.05, 0.1) is 29.8 Å². The first-order valence-corrected chi connectivity index (χ1v) is 15.9. The van der Waals surface area contributed by atoms with Crippen molar-refractivity contribution in [3.63, 3.8) is 0 Å². The summed E-state index contributed by atoms with van der Waals surface area (Å²) in [6, 6.07) is 32.6. The number of anilines is 1. The average Bonchev–Trinajstić information content (AvgIpc) is 3.44. The first-order chi connectivity index (χ1) is 22.5. The number of amides is 1. The Morgan fingerprint density at radius 3 is 2.41 bits per heavy atom. The predicted molar refractivity (Wildman–Crippen MR) is 177 cm³/mol. The predicted octanol–water partition coefficient (Wildman–Crippen LogP) is 5.96. The standard InChI is InChI=1S/C37H38N4O5/c42-24-25-13-15-26(16-14-25)34-22-31(23-40-19-17-30(18-20-40)41-33-12-5-4-11-32(33)39-37(41)44)45-36(46-34)28-9-6-10-29(21-28)38-35(43)27-7-2-1-3-8-27/h1-16,21,30-31,34,36,42H,17-20,22-24H2,(H,38,43)(H,39,44). The van der Waals surface area contributed by atoms with Crippen LogP contribution in [0.1, 0.15) is 64.7 Å². The number of aliphatic hydroxyl groups excluding tert-OH is 1. The van der Waals surface area contributed by atoms with Crippen molar-refractivity contribution >= 4 is 22.6 Å². The fourth-order valence-electron chi connectivity index (χ4n) is 6.67. The van der Waals surface area contributed by atoms with E-state index < -0.39 is 6.29 Å². The molecule has 236 valence electrons. The molecule has 1 aromatic heterocycles. The average molecular weight is 619 g/mol. The fraction of sp³-hybridized carbons (Fsp3) is 0.297. The van der Waals surface area contributed by atoms with Crippen molar-refractivity contribution in [3.8, 4) is 0 Å². The molecule has 46 heavy (non-hydrogen) atoms. The number of aliphatic hydroxyl groups is 1. The van der Waals surface area contributed by atoms with Gasteiger partial charge in [-0.05, 0) is 60.4 Å². The number of piperidine rings is 1. The topological polar surface area (TPSA) is 109 Å². The minimum Gasteiger partial charge on any atom is -0.392 e. The Morgan fingerprint density at radius 2 is 1.63 bits per heavy atom. The molecule has 0 bridgehead atoms. The normalized spacial score (nSPS) is 20.9. The zero-order chi connectivity index (χ0) is 31.5. The highest BCUT2D eigenvalue weighted by Gasteiger charge is 2.34. The summed E-state index contributed by atoms with van der Waals surface area (Å²) in [7, 11) is 0. The lowest BCUT2D eigenvalue weighted by molar-refractivity contribution is -0.253. The van der Waals surface area contributed by atoms with Crippen LogP contribution in [0.5, 0.6) is 0 Å². The zero-order valence-corrected chi connectivity index (χ0v) is 25.5. The molecule has 2 aliphatic rings. The van der Waals surface area contributed by atoms with Gasteiger partial charge in [0, 0.05) is 48.9 Å². The van der Waals surface area contributed by atoms with E-state index in [1.807, 2.05) is 95.6 Å². The van der Waals surface area contributed by atoms with Crippen LogP contribution in [0.2, 0.25) is 0 Å². The number of hydrogen-bond donors (Lipinski definition) is 3. The van der Waals surface area contributed by atoms with Crippen molar-refractivity contribution in [2.45, 2.75) is 50.4 Å². The first-order valence-electron chi connectivity index (χ1n) is 15.9. The lowest BCUT2D eigenvalue weighted by Crippen LogP contribution is -2.43. The number of nitrogens with one attached hydrogen (secondary N) is 2. The van der Waals surface area contributed by atoms with Gasteiger partial charge in [-0.2, -0.15) is 0 Å². The van der Waals surface area contributed by atoms with Crippen molar-refractivity contribution in [2.24, 2.45) is 0 Å². The largest absolute Gasteiger partial charge is 0.392 e. The molecule has 2 aliphatic heterocycles. The van der Waals surface area contributed by atoms with Gasteiger partial charge in [0.15, 0.2) is 6.29 Å². The van der Waals surface area contributed by atoms with Crippen LogP contribution >= 0.6 is 0 Å². The van der Waals surface area contributed by atoms with E-state index in [4.69, 9.17) is 9.47 Å². The van der Waals surface area contributed by atoms with Gasteiger partial charge in [0.25, 0.3) is 5.91 Å². The van der Waals surface area contributed by atoms with Crippen molar-refractivity contribution in [2.75, 3.05) is 25.0 Å². The summed E-state index contributed by atoms with van der Waals surface area (Å²) in [5, 5.41) is 12.5. The molecule has 0 radical (unpaired) electrons. The van der Waals surface area contributed by atoms with Crippen LogP contribution in [0, 0.1) is 0 Å². The monoisotopic (exact) mass is 618 g/mol. The summed E-state index contributed by atoms with van der Waals surface area (Å²) in [6.07, 6.45) is 1.50. The Kier molecular flexibility index (Phi) is 8.81. The first kappa shape index (κ1) is 30.1. The van der Waals surface area contributed by atoms with Gasteiger partial charge >= 0.3 is 5.69 Å². The van der Waals surface area contributed by atoms with E-state index in [2.05, 4.69) is 15.2 Å². The highest BCUT2D eigenvalue weighted by atomic mass is 16.7. The van der Waals surface area contributed by atoms with E-state index in [1.54, 1.807) is 12.1 Å². The number of aromatic nitrogens is 2. The smallest absolute Gasteiger partial charge is 0.326 e. The van der Waals surface area contributed by atoms with Crippen LogP contribution in [0.15, 0.2) is 108 Å². The number of H-pyrrole nitrogens is 1. The van der Waals surface area contributed by atoms with Gasteiger partial charge in [-0.1, -0.05) is 66.7 Å². The van der Waals surface area contributed by atoms with Crippen molar-refractivity contribution < 1.29 is 19.4 Å². The Balaban J connectivity index is 1.07. The molecule has 0 spiro atoms. The minimum absolute atomic E-state index is 0.0116. The number of fused-ring (bicyclic) bond motifs is 1. The maximum absolute atomic E-state index is 12.8. The van der Waals surface area contributed by atoms with Crippen molar-refractivity contribution in [3.05, 3.63) is 136 Å². The lowest BCUT2D eigenvalue weighted by Gasteiger charge is -2.40. The molecule has 7 rings (SSSR count). The fourth-order valence-corrected chi connectivity index (χ4v) is 6.67. The molecular formula is C37H38N4O5. The molecule has 5 aromatic rings. The van der Waals surface area contributed by atoms with E-state index in [1.165, 1.54) is 0 Å². The summed E-state index contributed by atoms with van der Waals surface area (Å²) >= 11 is 0. The molecule has 3 heterocycles. The molecule has 0 saturated carbocycles. The van der Waals surface area contributed by atoms with Gasteiger partial charge in [-0.15, -0.1) is 0 Å². The molecule has 2 fully saturated rings. The Morgan fingerprint density at radius 1 is 0.870 bits per heavy atom. The maximum Gasteiger partial charge on any atom is 0.326 e. The Bertz CT molecular complexity index is 1840. The van der Waals surface area contributed by atoms with Crippen LogP contribution in [-0.2, 0) is 16.1 Å². The number of carbonyl (C=O) groups is 1. The second-order valence-corrected chi connectivity index (χ2v) is 12.1. The second-order valence-electron chi connectivity index (χ2n) is 12.1. The van der Waals surface area contributed by atoms with Crippen LogP contribution in [0.4, 0.5) is 5.69 Å². The van der Waals surface area contributed by atoms with E-state index in [0.717, 1.165) is 60.2 Å². The summed E-state index contributed by atoms with van der Waals surface area (Å²) in [4.78, 5) is 31.0. The number of rotatable bonds is 8. The molecule has 0 aliphatic carbocycles. The molecule has 2 saturated heterocycles. The van der Waals surface area contributed by atoms with E-state index >= 15 is 0 Å². The number of nitrogens with zero attached hydrogens (tertiary/aromatic N) is 2. The molecular weight excluding hydrogens is 580 g/mol. The lowest BCUT2D eigenvalue weighted by atomic mass is 9.98. The number of para-hydroxylation sites is 2. The molecule has 9 heteroatoms. The van der Waals surface area contributed by atoms with Gasteiger partial charge < -0.3 is 29.8 Å². The molecule has 4 aromatic carbocycles. The number of carbonyl (C=O) groups excluding carboxylic acids is 1. The number of aromatic amines is 1. The minimum atomic E-state index is -0.628. The van der Waals surface area contributed by atoms with Crippen LogP contribution in [-0.4, -0.2) is 51.2 Å². The number of hydrogen-bond acceptors (Lipinski definition) is 6. The van der Waals surface area contributed by atoms with Crippen molar-refractivity contribution in [1.82, 2.24) is 14.5 Å². The van der Waals surface area contributed by atoms with Crippen LogP contribution in [0.3, 0.4) is 0 Å². The summed E-state index contributed by atoms with van der Waals surface area (Å²) in [5.74, 6) is -0.179. The third-order valence-corrected chi connectivity index (χ3v) is 9.08. The third-order valence-electron chi connectivity index (χ3n) is 9.08. The summed E-state index contributed by atoms with van der Waals surface area (Å²) < 4.78 is 15.1. The highest BCUT2D eigenvalue weighted by molar-refractivity contribution is 6.04. The highest BCUT2D eigenvalue weighted by Crippen LogP contribution is 2.39. The number of imidazole rings is 1. The van der Waals surface area contributed by atoms with Gasteiger partial charge in [0.2, 0.25) is 0 Å². The molecule has 1 amide bonds. The van der Waals surface area contributed by atoms with E-state index in [9.17, 15) is 14.7 Å². The summed E-state index contributed by atoms with van der Waals surface area (Å²) in [6.45, 7) is 2.45.